The van der Waals surface area contributed by atoms with E-state index < -0.39 is 0 Å². The Balaban J connectivity index is 2.46. The quantitative estimate of drug-likeness (QED) is 0.571. The normalized spacial score (nSPS) is 9.83. The molecule has 3 nitrogen and oxygen atoms in total. The minimum Gasteiger partial charge on any atom is -0.458 e. The van der Waals surface area contributed by atoms with Crippen molar-refractivity contribution in [1.82, 2.24) is 4.98 Å². The van der Waals surface area contributed by atoms with Crippen LogP contribution in [0.4, 0.5) is 4.79 Å². The molecule has 0 aliphatic carbocycles. The summed E-state index contributed by atoms with van der Waals surface area (Å²) < 4.78 is 5.13. The maximum absolute atomic E-state index is 10.9. The van der Waals surface area contributed by atoms with Crippen LogP contribution in [0.15, 0.2) is 10.4 Å². The van der Waals surface area contributed by atoms with E-state index in [1.807, 2.05) is 0 Å². The molecule has 0 aliphatic rings. The van der Waals surface area contributed by atoms with E-state index in [0.29, 0.717) is 16.1 Å². The second-order valence-electron chi connectivity index (χ2n) is 1.72. The summed E-state index contributed by atoms with van der Waals surface area (Å²) in [4.78, 5) is 14.8. The number of carbonyl (C=O) groups excluding carboxylic acids is 1. The molecule has 0 unspecified atom stereocenters. The molecular formula is C6H6ClNO2S2. The number of rotatable bonds is 2. The Morgan fingerprint density at radius 3 is 3.17 bits per heavy atom. The van der Waals surface area contributed by atoms with Crippen molar-refractivity contribution in [3.8, 4) is 0 Å². The molecule has 0 N–H and O–H groups in total. The van der Waals surface area contributed by atoms with Gasteiger partial charge in [-0.2, -0.15) is 0 Å². The molecule has 0 aliphatic heterocycles. The Morgan fingerprint density at radius 1 is 1.92 bits per heavy atom. The van der Waals surface area contributed by atoms with Crippen molar-refractivity contribution in [3.05, 3.63) is 9.85 Å². The topological polar surface area (TPSA) is 39.2 Å². The van der Waals surface area contributed by atoms with Crippen LogP contribution < -0.4 is 0 Å². The predicted octanol–water partition coefficient (Wildman–Crippen LogP) is 3.05. The lowest BCUT2D eigenvalue weighted by Crippen LogP contribution is -1.95. The minimum atomic E-state index is -0.348. The zero-order chi connectivity index (χ0) is 8.97. The number of halogens is 1. The second kappa shape index (κ2) is 4.69. The lowest BCUT2D eigenvalue weighted by atomic mass is 10.9. The van der Waals surface area contributed by atoms with Gasteiger partial charge in [-0.25, -0.2) is 9.78 Å². The molecular weight excluding hydrogens is 218 g/mol. The van der Waals surface area contributed by atoms with Crippen molar-refractivity contribution < 1.29 is 9.53 Å². The molecule has 1 aromatic rings. The first kappa shape index (κ1) is 9.83. The van der Waals surface area contributed by atoms with Crippen molar-refractivity contribution in [2.24, 2.45) is 0 Å². The van der Waals surface area contributed by atoms with Crippen LogP contribution in [0.1, 0.15) is 6.92 Å². The van der Waals surface area contributed by atoms with Gasteiger partial charge in [0.25, 0.3) is 0 Å². The van der Waals surface area contributed by atoms with Gasteiger partial charge in [0.15, 0.2) is 4.47 Å². The van der Waals surface area contributed by atoms with Crippen LogP contribution in [0.3, 0.4) is 0 Å². The van der Waals surface area contributed by atoms with Crippen LogP contribution in [0.2, 0.25) is 4.47 Å². The monoisotopic (exact) mass is 223 g/mol. The molecule has 0 aromatic carbocycles. The van der Waals surface area contributed by atoms with Crippen molar-refractivity contribution in [1.29, 1.82) is 0 Å². The van der Waals surface area contributed by atoms with Crippen molar-refractivity contribution >= 4 is 40.0 Å². The van der Waals surface area contributed by atoms with Gasteiger partial charge in [-0.05, 0) is 6.92 Å². The molecule has 0 radical (unpaired) electrons. The van der Waals surface area contributed by atoms with Crippen molar-refractivity contribution in [2.75, 3.05) is 6.61 Å². The summed E-state index contributed by atoms with van der Waals surface area (Å²) in [5.41, 5.74) is 0. The van der Waals surface area contributed by atoms with Gasteiger partial charge in [0, 0.05) is 17.1 Å². The van der Waals surface area contributed by atoms with E-state index in [2.05, 4.69) is 4.98 Å². The summed E-state index contributed by atoms with van der Waals surface area (Å²) >= 11 is 7.80. The minimum absolute atomic E-state index is 0.348. The lowest BCUT2D eigenvalue weighted by molar-refractivity contribution is 0.181. The van der Waals surface area contributed by atoms with Gasteiger partial charge in [0.05, 0.1) is 6.61 Å². The van der Waals surface area contributed by atoms with Gasteiger partial charge in [-0.3, -0.25) is 0 Å². The van der Waals surface area contributed by atoms with Gasteiger partial charge < -0.3 is 4.74 Å². The van der Waals surface area contributed by atoms with Crippen molar-refractivity contribution in [3.63, 3.8) is 0 Å². The molecule has 1 heterocycles. The summed E-state index contributed by atoms with van der Waals surface area (Å²) in [5.74, 6) is 0. The third kappa shape index (κ3) is 3.00. The van der Waals surface area contributed by atoms with Gasteiger partial charge >= 0.3 is 5.30 Å². The zero-order valence-corrected chi connectivity index (χ0v) is 8.63. The second-order valence-corrected chi connectivity index (χ2v) is 4.12. The van der Waals surface area contributed by atoms with E-state index in [0.717, 1.165) is 11.8 Å². The third-order valence-electron chi connectivity index (χ3n) is 0.905. The lowest BCUT2D eigenvalue weighted by Gasteiger charge is -1.96. The van der Waals surface area contributed by atoms with Crippen LogP contribution in [-0.4, -0.2) is 16.9 Å². The van der Waals surface area contributed by atoms with E-state index in [1.54, 1.807) is 12.3 Å². The van der Waals surface area contributed by atoms with Crippen LogP contribution in [0, 0.1) is 0 Å². The number of thioether (sulfide) groups is 1. The average Bonchev–Trinajstić information content (AvgIpc) is 2.36. The molecule has 12 heavy (non-hydrogen) atoms. The van der Waals surface area contributed by atoms with Crippen molar-refractivity contribution in [2.45, 2.75) is 11.9 Å². The largest absolute Gasteiger partial charge is 0.458 e. The molecule has 0 fully saturated rings. The fourth-order valence-corrected chi connectivity index (χ4v) is 2.07. The van der Waals surface area contributed by atoms with E-state index in [9.17, 15) is 4.79 Å². The number of hydrogen-bond donors (Lipinski definition) is 0. The molecule has 0 saturated carbocycles. The maximum atomic E-state index is 10.9. The summed E-state index contributed by atoms with van der Waals surface area (Å²) in [5, 5.41) is 1.95. The number of thiazole rings is 1. The molecule has 0 spiro atoms. The highest BCUT2D eigenvalue weighted by atomic mass is 35.5. The van der Waals surface area contributed by atoms with Crippen LogP contribution in [0.5, 0.6) is 0 Å². The highest BCUT2D eigenvalue weighted by Gasteiger charge is 2.07. The Bertz CT molecular complexity index is 276. The molecule has 0 amide bonds. The van der Waals surface area contributed by atoms with Gasteiger partial charge in [0.1, 0.15) is 5.03 Å². The molecule has 0 atom stereocenters. The van der Waals surface area contributed by atoms with E-state index in [4.69, 9.17) is 16.3 Å². The molecule has 0 bridgehead atoms. The highest BCUT2D eigenvalue weighted by Crippen LogP contribution is 2.24. The van der Waals surface area contributed by atoms with E-state index in [-0.39, 0.29) is 5.30 Å². The summed E-state index contributed by atoms with van der Waals surface area (Å²) in [6, 6.07) is 0. The molecule has 6 heteroatoms. The SMILES string of the molecule is CCOC(=O)Sc1csc(Cl)n1. The van der Waals surface area contributed by atoms with Gasteiger partial charge in [-0.1, -0.05) is 11.6 Å². The number of nitrogens with zero attached hydrogens (tertiary/aromatic N) is 1. The number of aromatic nitrogens is 1. The average molecular weight is 224 g/mol. The first-order chi connectivity index (χ1) is 5.72. The Hall–Kier alpha value is -0.260. The zero-order valence-electron chi connectivity index (χ0n) is 6.24. The van der Waals surface area contributed by atoms with Crippen LogP contribution in [0.25, 0.3) is 0 Å². The van der Waals surface area contributed by atoms with Crippen LogP contribution in [-0.2, 0) is 4.74 Å². The standard InChI is InChI=1S/C6H6ClNO2S2/c1-2-10-6(9)12-4-3-11-5(7)8-4/h3H,2H2,1H3. The van der Waals surface area contributed by atoms with Crippen LogP contribution >= 0.6 is 34.7 Å². The molecule has 1 aromatic heterocycles. The Morgan fingerprint density at radius 2 is 2.67 bits per heavy atom. The highest BCUT2D eigenvalue weighted by molar-refractivity contribution is 8.13. The first-order valence-electron chi connectivity index (χ1n) is 3.18. The maximum Gasteiger partial charge on any atom is 0.373 e. The number of hydrogen-bond acceptors (Lipinski definition) is 5. The van der Waals surface area contributed by atoms with Gasteiger partial charge in [0.2, 0.25) is 0 Å². The molecule has 1 rings (SSSR count). The Kier molecular flexibility index (Phi) is 3.84. The Labute approximate surface area is 83.1 Å². The number of carbonyl (C=O) groups is 1. The summed E-state index contributed by atoms with van der Waals surface area (Å²) in [7, 11) is 0. The summed E-state index contributed by atoms with van der Waals surface area (Å²) in [6.07, 6.45) is 0. The third-order valence-corrected chi connectivity index (χ3v) is 2.74. The molecule has 0 saturated heterocycles. The van der Waals surface area contributed by atoms with E-state index >= 15 is 0 Å². The smallest absolute Gasteiger partial charge is 0.373 e. The molecule has 66 valence electrons. The van der Waals surface area contributed by atoms with Gasteiger partial charge in [-0.15, -0.1) is 11.3 Å². The predicted molar refractivity (Wildman–Crippen MR) is 50.0 cm³/mol. The van der Waals surface area contributed by atoms with E-state index in [1.165, 1.54) is 11.3 Å². The fourth-order valence-electron chi connectivity index (χ4n) is 0.518. The number of ether oxygens (including phenoxy) is 1. The first-order valence-corrected chi connectivity index (χ1v) is 5.25. The fraction of sp³-hybridized carbons (Fsp3) is 0.333. The summed E-state index contributed by atoms with van der Waals surface area (Å²) in [6.45, 7) is 2.14.